The van der Waals surface area contributed by atoms with Crippen LogP contribution in [-0.2, 0) is 26.1 Å². The summed E-state index contributed by atoms with van der Waals surface area (Å²) in [5.41, 5.74) is 0.744. The van der Waals surface area contributed by atoms with Crippen molar-refractivity contribution in [2.45, 2.75) is 15.6 Å². The van der Waals surface area contributed by atoms with E-state index < -0.39 is 16.0 Å². The molecule has 0 amide bonds. The van der Waals surface area contributed by atoms with Crippen LogP contribution in [0, 0.1) is 0 Å². The number of hydrogen-bond acceptors (Lipinski definition) is 7. The minimum Gasteiger partial charge on any atom is -0.468 e. The van der Waals surface area contributed by atoms with Crippen LogP contribution in [-0.4, -0.2) is 32.3 Å². The number of nitrogens with zero attached hydrogens (tertiary/aromatic N) is 2. The van der Waals surface area contributed by atoms with Crippen LogP contribution in [0.1, 0.15) is 0 Å². The van der Waals surface area contributed by atoms with Gasteiger partial charge in [-0.25, -0.2) is 0 Å². The Morgan fingerprint density at radius 3 is 2.80 bits per heavy atom. The first-order valence-corrected chi connectivity index (χ1v) is 11.4. The van der Waals surface area contributed by atoms with Crippen LogP contribution in [0.4, 0.5) is 0 Å². The molecular weight excluding hydrogens is 400 g/mol. The minimum atomic E-state index is -3.82. The van der Waals surface area contributed by atoms with Gasteiger partial charge in [0.25, 0.3) is 10.0 Å². The van der Waals surface area contributed by atoms with Gasteiger partial charge in [0.1, 0.15) is 10.8 Å². The molecule has 10 heteroatoms. The molecule has 3 rings (SSSR count). The van der Waals surface area contributed by atoms with E-state index in [9.17, 15) is 13.2 Å². The first-order chi connectivity index (χ1) is 11.9. The number of thiophene rings is 1. The van der Waals surface area contributed by atoms with Gasteiger partial charge in [-0.1, -0.05) is 17.4 Å². The quantitative estimate of drug-likeness (QED) is 0.474. The number of benzene rings is 1. The lowest BCUT2D eigenvalue weighted by Crippen LogP contribution is -2.22. The highest BCUT2D eigenvalue weighted by Crippen LogP contribution is 2.25. The predicted molar refractivity (Wildman–Crippen MR) is 101 cm³/mol. The minimum absolute atomic E-state index is 0.103. The molecule has 0 atom stereocenters. The average Bonchev–Trinajstić information content (AvgIpc) is 3.23. The molecule has 1 aromatic carbocycles. The first-order valence-electron chi connectivity index (χ1n) is 7.03. The van der Waals surface area contributed by atoms with Gasteiger partial charge < -0.3 is 9.30 Å². The summed E-state index contributed by atoms with van der Waals surface area (Å²) >= 11 is 3.92. The molecule has 0 aliphatic carbocycles. The number of rotatable bonds is 5. The standard InChI is InChI=1S/C15H14N2O4S4/c1-21-13(18)9-17-11-6-5-10(22-2)8-12(11)24-15(17)16-25(19,20)14-4-3-7-23-14/h3-8H,9H2,1-2H3. The van der Waals surface area contributed by atoms with Crippen LogP contribution in [0.3, 0.4) is 0 Å². The number of fused-ring (bicyclic) bond motifs is 1. The molecular formula is C15H14N2O4S4. The van der Waals surface area contributed by atoms with E-state index in [-0.39, 0.29) is 15.6 Å². The van der Waals surface area contributed by atoms with Gasteiger partial charge in [0.05, 0.1) is 17.3 Å². The van der Waals surface area contributed by atoms with Crippen molar-refractivity contribution < 1.29 is 17.9 Å². The number of aromatic nitrogens is 1. The summed E-state index contributed by atoms with van der Waals surface area (Å²) in [7, 11) is -2.53. The number of thioether (sulfide) groups is 1. The van der Waals surface area contributed by atoms with Gasteiger partial charge in [0.2, 0.25) is 4.80 Å². The normalized spacial score (nSPS) is 12.6. The molecule has 0 bridgehead atoms. The SMILES string of the molecule is COC(=O)Cn1c(=NS(=O)(=O)c2cccs2)sc2cc(SC)ccc21. The van der Waals surface area contributed by atoms with Gasteiger partial charge in [0, 0.05) is 4.90 Å². The number of esters is 1. The van der Waals surface area contributed by atoms with Crippen molar-refractivity contribution in [3.05, 3.63) is 40.5 Å². The molecule has 0 saturated carbocycles. The van der Waals surface area contributed by atoms with E-state index in [2.05, 4.69) is 4.40 Å². The van der Waals surface area contributed by atoms with E-state index in [0.29, 0.717) is 0 Å². The van der Waals surface area contributed by atoms with Crippen molar-refractivity contribution in [2.24, 2.45) is 4.40 Å². The van der Waals surface area contributed by atoms with Crippen LogP contribution in [0.5, 0.6) is 0 Å². The fourth-order valence-electron chi connectivity index (χ4n) is 2.16. The summed E-state index contributed by atoms with van der Waals surface area (Å²) in [5, 5.41) is 1.68. The number of hydrogen-bond donors (Lipinski definition) is 0. The summed E-state index contributed by atoms with van der Waals surface area (Å²) in [5.74, 6) is -0.469. The van der Waals surface area contributed by atoms with Gasteiger partial charge in [0.15, 0.2) is 0 Å². The molecule has 0 aliphatic rings. The van der Waals surface area contributed by atoms with Crippen LogP contribution in [0.25, 0.3) is 10.2 Å². The fraction of sp³-hybridized carbons (Fsp3) is 0.200. The van der Waals surface area contributed by atoms with E-state index in [1.165, 1.54) is 24.5 Å². The number of carbonyl (C=O) groups is 1. The van der Waals surface area contributed by atoms with E-state index in [4.69, 9.17) is 4.74 Å². The monoisotopic (exact) mass is 414 g/mol. The van der Waals surface area contributed by atoms with Crippen molar-refractivity contribution in [1.82, 2.24) is 4.57 Å². The summed E-state index contributed by atoms with van der Waals surface area (Å²) in [6.45, 7) is -0.103. The second-order valence-corrected chi connectivity index (χ2v) is 9.55. The lowest BCUT2D eigenvalue weighted by atomic mass is 10.3. The van der Waals surface area contributed by atoms with E-state index in [1.807, 2.05) is 24.5 Å². The molecule has 0 aliphatic heterocycles. The summed E-state index contributed by atoms with van der Waals surface area (Å²) in [4.78, 5) is 13.1. The Kier molecular flexibility index (Phi) is 5.32. The Bertz CT molecular complexity index is 1080. The Hall–Kier alpha value is -1.62. The van der Waals surface area contributed by atoms with Gasteiger partial charge in [-0.15, -0.1) is 27.5 Å². The van der Waals surface area contributed by atoms with Crippen molar-refractivity contribution >= 4 is 60.6 Å². The molecule has 6 nitrogen and oxygen atoms in total. The maximum Gasteiger partial charge on any atom is 0.325 e. The molecule has 0 radical (unpaired) electrons. The summed E-state index contributed by atoms with van der Waals surface area (Å²) in [6.07, 6.45) is 1.96. The molecule has 0 fully saturated rings. The number of thiazole rings is 1. The van der Waals surface area contributed by atoms with Crippen LogP contribution >= 0.6 is 34.4 Å². The first kappa shape index (κ1) is 18.2. The number of methoxy groups -OCH3 is 1. The predicted octanol–water partition coefficient (Wildman–Crippen LogP) is 2.95. The van der Waals surface area contributed by atoms with Crippen molar-refractivity contribution in [3.8, 4) is 0 Å². The second-order valence-electron chi connectivity index (χ2n) is 4.88. The zero-order valence-corrected chi connectivity index (χ0v) is 16.6. The number of sulfonamides is 1. The Morgan fingerprint density at radius 1 is 1.36 bits per heavy atom. The number of ether oxygens (including phenoxy) is 1. The lowest BCUT2D eigenvalue weighted by Gasteiger charge is -2.04. The largest absolute Gasteiger partial charge is 0.468 e. The van der Waals surface area contributed by atoms with E-state index in [0.717, 1.165) is 26.4 Å². The molecule has 0 spiro atoms. The Morgan fingerprint density at radius 2 is 2.16 bits per heavy atom. The molecule has 25 heavy (non-hydrogen) atoms. The van der Waals surface area contributed by atoms with Crippen molar-refractivity contribution in [3.63, 3.8) is 0 Å². The highest BCUT2D eigenvalue weighted by Gasteiger charge is 2.17. The smallest absolute Gasteiger partial charge is 0.325 e. The van der Waals surface area contributed by atoms with E-state index >= 15 is 0 Å². The van der Waals surface area contributed by atoms with Gasteiger partial charge >= 0.3 is 5.97 Å². The fourth-order valence-corrected chi connectivity index (χ4v) is 5.91. The van der Waals surface area contributed by atoms with Crippen LogP contribution in [0.2, 0.25) is 0 Å². The van der Waals surface area contributed by atoms with Gasteiger partial charge in [-0.05, 0) is 35.9 Å². The average molecular weight is 415 g/mol. The van der Waals surface area contributed by atoms with Gasteiger partial charge in [-0.2, -0.15) is 8.42 Å². The highest BCUT2D eigenvalue weighted by atomic mass is 32.2. The maximum atomic E-state index is 12.5. The molecule has 0 saturated heterocycles. The zero-order valence-electron chi connectivity index (χ0n) is 13.3. The molecule has 0 N–H and O–H groups in total. The summed E-state index contributed by atoms with van der Waals surface area (Å²) in [6, 6.07) is 8.90. The molecule has 132 valence electrons. The van der Waals surface area contributed by atoms with Crippen LogP contribution in [0.15, 0.2) is 49.2 Å². The molecule has 2 aromatic heterocycles. The zero-order chi connectivity index (χ0) is 18.0. The maximum absolute atomic E-state index is 12.5. The topological polar surface area (TPSA) is 77.7 Å². The highest BCUT2D eigenvalue weighted by molar-refractivity contribution is 7.98. The Balaban J connectivity index is 2.24. The van der Waals surface area contributed by atoms with Crippen molar-refractivity contribution in [2.75, 3.05) is 13.4 Å². The lowest BCUT2D eigenvalue weighted by molar-refractivity contribution is -0.141. The van der Waals surface area contributed by atoms with Crippen LogP contribution < -0.4 is 4.80 Å². The number of carbonyl (C=O) groups excluding carboxylic acids is 1. The van der Waals surface area contributed by atoms with Crippen molar-refractivity contribution in [1.29, 1.82) is 0 Å². The van der Waals surface area contributed by atoms with Gasteiger partial charge in [-0.3, -0.25) is 4.79 Å². The van der Waals surface area contributed by atoms with E-state index in [1.54, 1.807) is 27.8 Å². The third-order valence-corrected chi connectivity index (χ3v) is 7.87. The molecule has 3 aromatic rings. The molecule has 2 heterocycles. The molecule has 0 unspecified atom stereocenters. The third kappa shape index (κ3) is 3.81. The Labute approximate surface area is 156 Å². The second kappa shape index (κ2) is 7.32. The summed E-state index contributed by atoms with van der Waals surface area (Å²) < 4.78 is 36.3. The third-order valence-electron chi connectivity index (χ3n) is 3.35.